The highest BCUT2D eigenvalue weighted by Gasteiger charge is 2.32. The molecule has 0 amide bonds. The van der Waals surface area contributed by atoms with Crippen molar-refractivity contribution in [3.8, 4) is 11.5 Å². The molecule has 1 aromatic carbocycles. The minimum atomic E-state index is 0. The summed E-state index contributed by atoms with van der Waals surface area (Å²) in [6.45, 7) is 5.54. The minimum absolute atomic E-state index is 0. The summed E-state index contributed by atoms with van der Waals surface area (Å²) in [6.07, 6.45) is 2.05. The summed E-state index contributed by atoms with van der Waals surface area (Å²) in [5.74, 6) is 0.805. The van der Waals surface area contributed by atoms with Crippen molar-refractivity contribution in [1.29, 1.82) is 0 Å². The third-order valence-electron chi connectivity index (χ3n) is 4.59. The van der Waals surface area contributed by atoms with Gasteiger partial charge in [0, 0.05) is 57.1 Å². The molecular weight excluding hydrogens is 339 g/mol. The van der Waals surface area contributed by atoms with E-state index in [9.17, 15) is 10.2 Å². The largest absolute Gasteiger partial charge is 0.508 e. The molecule has 2 fully saturated rings. The number of halogens is 2. The van der Waals surface area contributed by atoms with Crippen LogP contribution in [0.15, 0.2) is 18.2 Å². The Bertz CT molecular complexity index is 460. The maximum atomic E-state index is 10.3. The van der Waals surface area contributed by atoms with Crippen molar-refractivity contribution in [3.05, 3.63) is 23.8 Å². The van der Waals surface area contributed by atoms with Gasteiger partial charge in [-0.2, -0.15) is 0 Å². The van der Waals surface area contributed by atoms with Crippen LogP contribution in [0.25, 0.3) is 0 Å². The van der Waals surface area contributed by atoms with Crippen molar-refractivity contribution >= 4 is 24.8 Å². The maximum Gasteiger partial charge on any atom is 0.124 e. The fourth-order valence-electron chi connectivity index (χ4n) is 3.52. The average Bonchev–Trinajstić information content (AvgIpc) is 2.52. The van der Waals surface area contributed by atoms with E-state index in [4.69, 9.17) is 4.74 Å². The molecule has 132 valence electrons. The number of hydrogen-bond acceptors (Lipinski definition) is 5. The molecule has 0 aliphatic carbocycles. The first-order valence-corrected chi connectivity index (χ1v) is 7.80. The fraction of sp³-hybridized carbons (Fsp3) is 0.625. The second kappa shape index (κ2) is 9.55. The standard InChI is InChI=1S/C16H24N2O3.2ClH/c19-13-1-2-14(15(20)11-13)16(12-3-9-21-10-4-12)18-7-5-17-6-8-18;;/h1-2,11-12,16-17,19-20H,3-10H2;2*1H/t16-;;/m0../s1. The van der Waals surface area contributed by atoms with Crippen molar-refractivity contribution in [3.63, 3.8) is 0 Å². The molecule has 3 rings (SSSR count). The van der Waals surface area contributed by atoms with Gasteiger partial charge in [0.1, 0.15) is 11.5 Å². The van der Waals surface area contributed by atoms with Crippen LogP contribution in [0.2, 0.25) is 0 Å². The summed E-state index contributed by atoms with van der Waals surface area (Å²) in [6, 6.07) is 5.19. The van der Waals surface area contributed by atoms with E-state index in [0.29, 0.717) is 5.92 Å². The van der Waals surface area contributed by atoms with E-state index in [1.54, 1.807) is 6.07 Å². The van der Waals surface area contributed by atoms with Crippen LogP contribution < -0.4 is 5.32 Å². The van der Waals surface area contributed by atoms with Crippen LogP contribution >= 0.6 is 24.8 Å². The van der Waals surface area contributed by atoms with Crippen LogP contribution in [0.5, 0.6) is 11.5 Å². The number of ether oxygens (including phenoxy) is 1. The highest BCUT2D eigenvalue weighted by molar-refractivity contribution is 5.85. The number of phenolic OH excluding ortho intramolecular Hbond substituents is 2. The minimum Gasteiger partial charge on any atom is -0.508 e. The Kier molecular flexibility index (Phi) is 8.44. The number of piperazine rings is 1. The lowest BCUT2D eigenvalue weighted by atomic mass is 9.85. The molecule has 0 radical (unpaired) electrons. The third-order valence-corrected chi connectivity index (χ3v) is 4.59. The van der Waals surface area contributed by atoms with Crippen molar-refractivity contribution in [2.75, 3.05) is 39.4 Å². The Balaban J connectivity index is 0.00000132. The van der Waals surface area contributed by atoms with Gasteiger partial charge in [0.2, 0.25) is 0 Å². The lowest BCUT2D eigenvalue weighted by Gasteiger charge is -2.41. The predicted octanol–water partition coefficient (Wildman–Crippen LogP) is 2.31. The van der Waals surface area contributed by atoms with Crippen molar-refractivity contribution in [2.45, 2.75) is 18.9 Å². The summed E-state index contributed by atoms with van der Waals surface area (Å²) in [7, 11) is 0. The lowest BCUT2D eigenvalue weighted by molar-refractivity contribution is 0.0206. The van der Waals surface area contributed by atoms with Crippen molar-refractivity contribution in [1.82, 2.24) is 10.2 Å². The molecule has 23 heavy (non-hydrogen) atoms. The summed E-state index contributed by atoms with van der Waals surface area (Å²) in [5, 5.41) is 23.2. The Labute approximate surface area is 149 Å². The summed E-state index contributed by atoms with van der Waals surface area (Å²) in [5.41, 5.74) is 0.932. The maximum absolute atomic E-state index is 10.3. The molecule has 1 atom stereocenters. The van der Waals surface area contributed by atoms with Crippen LogP contribution in [0.4, 0.5) is 0 Å². The molecule has 0 unspecified atom stereocenters. The fourth-order valence-corrected chi connectivity index (χ4v) is 3.52. The molecule has 5 nitrogen and oxygen atoms in total. The molecule has 0 bridgehead atoms. The van der Waals surface area contributed by atoms with Crippen LogP contribution in [-0.2, 0) is 4.74 Å². The molecule has 7 heteroatoms. The molecule has 2 aliphatic heterocycles. The summed E-state index contributed by atoms with van der Waals surface area (Å²) >= 11 is 0. The number of aromatic hydroxyl groups is 2. The molecule has 2 heterocycles. The first kappa shape index (κ1) is 20.3. The molecule has 2 aliphatic rings. The molecule has 1 aromatic rings. The van der Waals surface area contributed by atoms with Crippen molar-refractivity contribution < 1.29 is 14.9 Å². The zero-order valence-corrected chi connectivity index (χ0v) is 14.7. The molecule has 0 spiro atoms. The van der Waals surface area contributed by atoms with E-state index >= 15 is 0 Å². The first-order chi connectivity index (χ1) is 10.3. The third kappa shape index (κ3) is 4.88. The number of phenols is 2. The van der Waals surface area contributed by atoms with Crippen LogP contribution in [-0.4, -0.2) is 54.5 Å². The molecule has 0 aromatic heterocycles. The van der Waals surface area contributed by atoms with Gasteiger partial charge in [0.25, 0.3) is 0 Å². The summed E-state index contributed by atoms with van der Waals surface area (Å²) in [4.78, 5) is 2.46. The van der Waals surface area contributed by atoms with Gasteiger partial charge in [0.05, 0.1) is 0 Å². The highest BCUT2D eigenvalue weighted by atomic mass is 35.5. The molecular formula is C16H26Cl2N2O3. The van der Waals surface area contributed by atoms with Gasteiger partial charge in [-0.15, -0.1) is 24.8 Å². The van der Waals surface area contributed by atoms with E-state index in [-0.39, 0.29) is 42.4 Å². The highest BCUT2D eigenvalue weighted by Crippen LogP contribution is 2.40. The normalized spacial score (nSPS) is 21.0. The predicted molar refractivity (Wildman–Crippen MR) is 95.0 cm³/mol. The molecule has 0 saturated carbocycles. The van der Waals surface area contributed by atoms with Gasteiger partial charge in [0.15, 0.2) is 0 Å². The Morgan fingerprint density at radius 2 is 1.74 bits per heavy atom. The molecule has 2 saturated heterocycles. The van der Waals surface area contributed by atoms with Gasteiger partial charge >= 0.3 is 0 Å². The Morgan fingerprint density at radius 1 is 1.09 bits per heavy atom. The molecule has 3 N–H and O–H groups in total. The summed E-state index contributed by atoms with van der Waals surface area (Å²) < 4.78 is 5.49. The van der Waals surface area contributed by atoms with Gasteiger partial charge < -0.3 is 20.3 Å². The van der Waals surface area contributed by atoms with Gasteiger partial charge in [-0.1, -0.05) is 6.07 Å². The van der Waals surface area contributed by atoms with Gasteiger partial charge in [-0.25, -0.2) is 0 Å². The number of hydrogen-bond donors (Lipinski definition) is 3. The van der Waals surface area contributed by atoms with E-state index in [1.807, 2.05) is 6.07 Å². The van der Waals surface area contributed by atoms with E-state index < -0.39 is 0 Å². The number of nitrogens with zero attached hydrogens (tertiary/aromatic N) is 1. The number of rotatable bonds is 3. The van der Waals surface area contributed by atoms with Gasteiger partial charge in [-0.05, 0) is 24.8 Å². The smallest absolute Gasteiger partial charge is 0.124 e. The van der Waals surface area contributed by atoms with E-state index in [2.05, 4.69) is 10.2 Å². The quantitative estimate of drug-likeness (QED) is 0.767. The second-order valence-electron chi connectivity index (χ2n) is 5.92. The van der Waals surface area contributed by atoms with Crippen LogP contribution in [0.1, 0.15) is 24.4 Å². The monoisotopic (exact) mass is 364 g/mol. The SMILES string of the molecule is Cl.Cl.Oc1ccc([C@H](C2CCOCC2)N2CCNCC2)c(O)c1. The van der Waals surface area contributed by atoms with Crippen LogP contribution in [0, 0.1) is 5.92 Å². The zero-order valence-electron chi connectivity index (χ0n) is 13.1. The Morgan fingerprint density at radius 3 is 2.35 bits per heavy atom. The second-order valence-corrected chi connectivity index (χ2v) is 5.92. The number of benzene rings is 1. The lowest BCUT2D eigenvalue weighted by Crippen LogP contribution is -2.47. The topological polar surface area (TPSA) is 65.0 Å². The van der Waals surface area contributed by atoms with E-state index in [1.165, 1.54) is 6.07 Å². The van der Waals surface area contributed by atoms with Crippen molar-refractivity contribution in [2.24, 2.45) is 5.92 Å². The number of nitrogens with one attached hydrogen (secondary N) is 1. The van der Waals surface area contributed by atoms with Gasteiger partial charge in [-0.3, -0.25) is 4.90 Å². The zero-order chi connectivity index (χ0) is 14.7. The Hall–Kier alpha value is -0.720. The van der Waals surface area contributed by atoms with E-state index in [0.717, 1.165) is 57.8 Å². The average molecular weight is 365 g/mol. The first-order valence-electron chi connectivity index (χ1n) is 7.80. The van der Waals surface area contributed by atoms with Crippen LogP contribution in [0.3, 0.4) is 0 Å².